The van der Waals surface area contributed by atoms with Gasteiger partial charge in [0.1, 0.15) is 5.82 Å². The van der Waals surface area contributed by atoms with Crippen molar-refractivity contribution >= 4 is 18.1 Å². The lowest BCUT2D eigenvalue weighted by Gasteiger charge is -2.01. The molecule has 0 fully saturated rings. The number of amides is 2. The predicted molar refractivity (Wildman–Crippen MR) is 46.9 cm³/mol. The van der Waals surface area contributed by atoms with Gasteiger partial charge >= 0.3 is 0 Å². The van der Waals surface area contributed by atoms with Crippen LogP contribution in [-0.2, 0) is 9.59 Å². The van der Waals surface area contributed by atoms with Crippen LogP contribution in [0.25, 0.3) is 0 Å². The first-order chi connectivity index (χ1) is 6.33. The van der Waals surface area contributed by atoms with Crippen molar-refractivity contribution in [2.75, 3.05) is 11.9 Å². The predicted octanol–water partition coefficient (Wildman–Crippen LogP) is -0.234. The van der Waals surface area contributed by atoms with Gasteiger partial charge in [0, 0.05) is 6.20 Å². The summed E-state index contributed by atoms with van der Waals surface area (Å²) in [5, 5.41) is 4.75. The van der Waals surface area contributed by atoms with Crippen molar-refractivity contribution in [1.29, 1.82) is 0 Å². The molecule has 1 rings (SSSR count). The van der Waals surface area contributed by atoms with Crippen LogP contribution in [0, 0.1) is 0 Å². The quantitative estimate of drug-likeness (QED) is 0.627. The van der Waals surface area contributed by atoms with Gasteiger partial charge in [-0.3, -0.25) is 9.59 Å². The minimum absolute atomic E-state index is 0.0416. The highest BCUT2D eigenvalue weighted by Gasteiger charge is 1.99. The zero-order valence-corrected chi connectivity index (χ0v) is 6.86. The number of pyridine rings is 1. The second kappa shape index (κ2) is 4.87. The molecule has 68 valence electrons. The van der Waals surface area contributed by atoms with E-state index in [2.05, 4.69) is 15.6 Å². The first-order valence-electron chi connectivity index (χ1n) is 3.71. The van der Waals surface area contributed by atoms with Gasteiger partial charge in [-0.05, 0) is 12.1 Å². The second-order valence-corrected chi connectivity index (χ2v) is 2.26. The fourth-order valence-electron chi connectivity index (χ4n) is 0.758. The maximum atomic E-state index is 11.0. The van der Waals surface area contributed by atoms with E-state index in [-0.39, 0.29) is 12.5 Å². The molecule has 1 heterocycles. The van der Waals surface area contributed by atoms with Gasteiger partial charge in [-0.2, -0.15) is 0 Å². The van der Waals surface area contributed by atoms with E-state index in [4.69, 9.17) is 0 Å². The number of hydrogen-bond acceptors (Lipinski definition) is 3. The number of carbonyl (C=O) groups excluding carboxylic acids is 2. The van der Waals surface area contributed by atoms with Gasteiger partial charge < -0.3 is 10.6 Å². The van der Waals surface area contributed by atoms with E-state index in [0.717, 1.165) is 0 Å². The summed E-state index contributed by atoms with van der Waals surface area (Å²) < 4.78 is 0. The molecule has 0 aromatic carbocycles. The second-order valence-electron chi connectivity index (χ2n) is 2.26. The molecule has 0 aliphatic carbocycles. The Labute approximate surface area is 75.2 Å². The summed E-state index contributed by atoms with van der Waals surface area (Å²) in [6.07, 6.45) is 2.04. The van der Waals surface area contributed by atoms with E-state index in [9.17, 15) is 9.59 Å². The Kier molecular flexibility index (Phi) is 3.44. The monoisotopic (exact) mass is 179 g/mol. The van der Waals surface area contributed by atoms with Crippen LogP contribution in [0.1, 0.15) is 0 Å². The molecule has 0 saturated carbocycles. The van der Waals surface area contributed by atoms with Crippen molar-refractivity contribution < 1.29 is 9.59 Å². The Morgan fingerprint density at radius 3 is 3.00 bits per heavy atom. The minimum atomic E-state index is -0.300. The first kappa shape index (κ1) is 9.18. The number of aromatic nitrogens is 1. The molecule has 0 aliphatic rings. The standard InChI is InChI=1S/C8H9N3O2/c12-6-9-5-8(13)11-7-3-1-2-4-10-7/h1-4,6H,5H2,(H,9,12)(H,10,11,13). The Bertz CT molecular complexity index is 287. The molecule has 13 heavy (non-hydrogen) atoms. The van der Waals surface area contributed by atoms with Gasteiger partial charge in [0.2, 0.25) is 12.3 Å². The van der Waals surface area contributed by atoms with Crippen molar-refractivity contribution in [3.63, 3.8) is 0 Å². The Morgan fingerprint density at radius 2 is 2.38 bits per heavy atom. The third-order valence-corrected chi connectivity index (χ3v) is 1.28. The fourth-order valence-corrected chi connectivity index (χ4v) is 0.758. The fraction of sp³-hybridized carbons (Fsp3) is 0.125. The number of nitrogens with zero attached hydrogens (tertiary/aromatic N) is 1. The van der Waals surface area contributed by atoms with E-state index in [1.807, 2.05) is 0 Å². The average molecular weight is 179 g/mol. The Morgan fingerprint density at radius 1 is 1.54 bits per heavy atom. The molecule has 0 saturated heterocycles. The smallest absolute Gasteiger partial charge is 0.244 e. The van der Waals surface area contributed by atoms with Crippen molar-refractivity contribution in [2.24, 2.45) is 0 Å². The highest BCUT2D eigenvalue weighted by atomic mass is 16.2. The Hall–Kier alpha value is -1.91. The maximum absolute atomic E-state index is 11.0. The largest absolute Gasteiger partial charge is 0.350 e. The van der Waals surface area contributed by atoms with Crippen LogP contribution >= 0.6 is 0 Å². The SMILES string of the molecule is O=CNCC(=O)Nc1ccccn1. The van der Waals surface area contributed by atoms with Crippen molar-refractivity contribution in [2.45, 2.75) is 0 Å². The lowest BCUT2D eigenvalue weighted by Crippen LogP contribution is -2.27. The lowest BCUT2D eigenvalue weighted by atomic mass is 10.4. The molecule has 0 radical (unpaired) electrons. The van der Waals surface area contributed by atoms with Gasteiger partial charge in [0.05, 0.1) is 6.54 Å². The molecule has 5 nitrogen and oxygen atoms in total. The molecule has 0 bridgehead atoms. The third kappa shape index (κ3) is 3.33. The van der Waals surface area contributed by atoms with Gasteiger partial charge in [0.15, 0.2) is 0 Å². The summed E-state index contributed by atoms with van der Waals surface area (Å²) in [6.45, 7) is -0.0416. The van der Waals surface area contributed by atoms with Gasteiger partial charge in [0.25, 0.3) is 0 Å². The lowest BCUT2D eigenvalue weighted by molar-refractivity contribution is -0.118. The van der Waals surface area contributed by atoms with Crippen LogP contribution in [0.2, 0.25) is 0 Å². The van der Waals surface area contributed by atoms with E-state index in [1.165, 1.54) is 0 Å². The highest BCUT2D eigenvalue weighted by Crippen LogP contribution is 1.98. The van der Waals surface area contributed by atoms with Crippen LogP contribution in [0.3, 0.4) is 0 Å². The number of rotatable bonds is 4. The van der Waals surface area contributed by atoms with Crippen LogP contribution < -0.4 is 10.6 Å². The maximum Gasteiger partial charge on any atom is 0.244 e. The van der Waals surface area contributed by atoms with E-state index in [1.54, 1.807) is 24.4 Å². The van der Waals surface area contributed by atoms with E-state index in [0.29, 0.717) is 12.2 Å². The summed E-state index contributed by atoms with van der Waals surface area (Å²) in [6, 6.07) is 5.17. The summed E-state index contributed by atoms with van der Waals surface area (Å²) in [5.74, 6) is 0.172. The summed E-state index contributed by atoms with van der Waals surface area (Å²) in [4.78, 5) is 24.7. The molecule has 0 spiro atoms. The topological polar surface area (TPSA) is 71.1 Å². The van der Waals surface area contributed by atoms with Crippen molar-refractivity contribution in [3.8, 4) is 0 Å². The van der Waals surface area contributed by atoms with Crippen LogP contribution in [0.4, 0.5) is 5.82 Å². The van der Waals surface area contributed by atoms with Crippen LogP contribution in [0.5, 0.6) is 0 Å². The third-order valence-electron chi connectivity index (χ3n) is 1.28. The normalized spacial score (nSPS) is 8.92. The van der Waals surface area contributed by atoms with Crippen molar-refractivity contribution in [1.82, 2.24) is 10.3 Å². The number of carbonyl (C=O) groups is 2. The molecular formula is C8H9N3O2. The molecule has 2 amide bonds. The summed E-state index contributed by atoms with van der Waals surface area (Å²) in [7, 11) is 0. The molecule has 2 N–H and O–H groups in total. The summed E-state index contributed by atoms with van der Waals surface area (Å²) in [5.41, 5.74) is 0. The molecule has 0 atom stereocenters. The molecule has 5 heteroatoms. The number of hydrogen-bond donors (Lipinski definition) is 2. The molecule has 1 aromatic rings. The van der Waals surface area contributed by atoms with Crippen LogP contribution in [-0.4, -0.2) is 23.8 Å². The molecular weight excluding hydrogens is 170 g/mol. The zero-order valence-electron chi connectivity index (χ0n) is 6.86. The highest BCUT2D eigenvalue weighted by molar-refractivity contribution is 5.92. The molecule has 0 aliphatic heterocycles. The molecule has 0 unspecified atom stereocenters. The zero-order chi connectivity index (χ0) is 9.52. The average Bonchev–Trinajstić information content (AvgIpc) is 2.16. The van der Waals surface area contributed by atoms with Gasteiger partial charge in [-0.25, -0.2) is 4.98 Å². The Balaban J connectivity index is 2.41. The van der Waals surface area contributed by atoms with Gasteiger partial charge in [-0.1, -0.05) is 6.07 Å². The van der Waals surface area contributed by atoms with E-state index >= 15 is 0 Å². The number of nitrogens with one attached hydrogen (secondary N) is 2. The van der Waals surface area contributed by atoms with Crippen molar-refractivity contribution in [3.05, 3.63) is 24.4 Å². The van der Waals surface area contributed by atoms with Gasteiger partial charge in [-0.15, -0.1) is 0 Å². The molecule has 1 aromatic heterocycles. The van der Waals surface area contributed by atoms with E-state index < -0.39 is 0 Å². The number of anilines is 1. The minimum Gasteiger partial charge on any atom is -0.350 e. The van der Waals surface area contributed by atoms with Crippen LogP contribution in [0.15, 0.2) is 24.4 Å². The summed E-state index contributed by atoms with van der Waals surface area (Å²) >= 11 is 0. The first-order valence-corrected chi connectivity index (χ1v) is 3.71.